The van der Waals surface area contributed by atoms with Crippen molar-refractivity contribution in [1.82, 2.24) is 4.90 Å². The second-order valence-electron chi connectivity index (χ2n) is 6.23. The maximum Gasteiger partial charge on any atom is 0.118 e. The minimum Gasteiger partial charge on any atom is -0.382 e. The molecule has 24 heavy (non-hydrogen) atoms. The molecule has 0 radical (unpaired) electrons. The van der Waals surface area contributed by atoms with Crippen molar-refractivity contribution in [2.45, 2.75) is 24.7 Å². The lowest BCUT2D eigenvalue weighted by Gasteiger charge is -2.44. The first-order valence-electron chi connectivity index (χ1n) is 8.18. The van der Waals surface area contributed by atoms with Gasteiger partial charge in [-0.3, -0.25) is 4.90 Å². The average Bonchev–Trinajstić information content (AvgIpc) is 2.62. The zero-order valence-electron chi connectivity index (χ0n) is 13.6. The molecule has 0 amide bonds. The van der Waals surface area contributed by atoms with Gasteiger partial charge in [0, 0.05) is 24.4 Å². The molecule has 0 saturated carbocycles. The van der Waals surface area contributed by atoms with Gasteiger partial charge in [-0.2, -0.15) is 0 Å². The maximum atomic E-state index is 11.4. The summed E-state index contributed by atoms with van der Waals surface area (Å²) < 4.78 is 6.17. The summed E-state index contributed by atoms with van der Waals surface area (Å²) in [6, 6.07) is 17.5. The van der Waals surface area contributed by atoms with Crippen LogP contribution in [0.1, 0.15) is 17.5 Å². The average molecular weight is 364 g/mol. The first-order chi connectivity index (χ1) is 11.6. The molecule has 3 rings (SSSR count). The highest BCUT2D eigenvalue weighted by Crippen LogP contribution is 2.36. The molecule has 1 N–H and O–H groups in total. The molecule has 1 aliphatic heterocycles. The van der Waals surface area contributed by atoms with Crippen LogP contribution < -0.4 is 0 Å². The smallest absolute Gasteiger partial charge is 0.118 e. The lowest BCUT2D eigenvalue weighted by Crippen LogP contribution is -2.54. The quantitative estimate of drug-likeness (QED) is 0.823. The van der Waals surface area contributed by atoms with Gasteiger partial charge in [-0.05, 0) is 29.7 Å². The van der Waals surface area contributed by atoms with Gasteiger partial charge in [-0.1, -0.05) is 54.1 Å². The number of hydrogen-bond donors (Lipinski definition) is 1. The van der Waals surface area contributed by atoms with E-state index in [2.05, 4.69) is 14.1 Å². The molecule has 2 aromatic carbocycles. The number of halogens is 1. The molecule has 128 valence electrons. The Labute approximate surface area is 150 Å². The first-order valence-corrected chi connectivity index (χ1v) is 9.37. The van der Waals surface area contributed by atoms with Crippen molar-refractivity contribution in [3.63, 3.8) is 0 Å². The van der Waals surface area contributed by atoms with Crippen molar-refractivity contribution in [1.29, 1.82) is 0 Å². The number of ether oxygens (including phenoxy) is 1. The summed E-state index contributed by atoms with van der Waals surface area (Å²) >= 11 is 6.00. The van der Waals surface area contributed by atoms with Gasteiger partial charge >= 0.3 is 0 Å². The summed E-state index contributed by atoms with van der Waals surface area (Å²) in [5, 5.41) is 12.1. The molecule has 3 unspecified atom stereocenters. The molecule has 0 spiro atoms. The van der Waals surface area contributed by atoms with Crippen molar-refractivity contribution in [2.75, 3.05) is 19.4 Å². The van der Waals surface area contributed by atoms with Crippen LogP contribution in [0.2, 0.25) is 5.02 Å². The van der Waals surface area contributed by atoms with E-state index in [9.17, 15) is 5.11 Å². The van der Waals surface area contributed by atoms with Gasteiger partial charge in [0.15, 0.2) is 0 Å². The second kappa shape index (κ2) is 7.95. The topological polar surface area (TPSA) is 32.7 Å². The van der Waals surface area contributed by atoms with Crippen LogP contribution in [0, 0.1) is 0 Å². The SMILES string of the molecule is OC1(c2ccc(Cl)cc2)CCN(CP)CC1OCc1ccccc1. The Balaban J connectivity index is 1.80. The number of hydrogen-bond acceptors (Lipinski definition) is 3. The number of piperidine rings is 1. The van der Waals surface area contributed by atoms with Crippen molar-refractivity contribution < 1.29 is 9.84 Å². The molecule has 2 aromatic rings. The Morgan fingerprint density at radius 1 is 1.17 bits per heavy atom. The zero-order valence-corrected chi connectivity index (χ0v) is 15.5. The Hall–Kier alpha value is -0.960. The molecule has 0 bridgehead atoms. The minimum atomic E-state index is -0.990. The van der Waals surface area contributed by atoms with Crippen LogP contribution in [-0.2, 0) is 16.9 Å². The fourth-order valence-corrected chi connectivity index (χ4v) is 3.62. The molecule has 3 atom stereocenters. The fourth-order valence-electron chi connectivity index (χ4n) is 3.16. The number of nitrogens with zero attached hydrogens (tertiary/aromatic N) is 1. The number of benzene rings is 2. The molecule has 0 aromatic heterocycles. The van der Waals surface area contributed by atoms with E-state index < -0.39 is 5.60 Å². The summed E-state index contributed by atoms with van der Waals surface area (Å²) in [6.07, 6.45) is 1.23. The predicted molar refractivity (Wildman–Crippen MR) is 101 cm³/mol. The van der Waals surface area contributed by atoms with Crippen LogP contribution in [0.5, 0.6) is 0 Å². The van der Waals surface area contributed by atoms with Gasteiger partial charge in [0.05, 0.1) is 6.61 Å². The Bertz CT molecular complexity index is 652. The van der Waals surface area contributed by atoms with Crippen molar-refractivity contribution in [2.24, 2.45) is 0 Å². The van der Waals surface area contributed by atoms with E-state index in [-0.39, 0.29) is 6.10 Å². The normalized spacial score (nSPS) is 24.9. The van der Waals surface area contributed by atoms with Crippen LogP contribution in [-0.4, -0.2) is 35.5 Å². The zero-order chi connectivity index (χ0) is 17.0. The van der Waals surface area contributed by atoms with Crippen molar-refractivity contribution in [3.05, 3.63) is 70.7 Å². The molecule has 3 nitrogen and oxygen atoms in total. The van der Waals surface area contributed by atoms with E-state index in [4.69, 9.17) is 16.3 Å². The second-order valence-corrected chi connectivity index (χ2v) is 7.03. The van der Waals surface area contributed by atoms with E-state index in [1.807, 2.05) is 54.6 Å². The highest BCUT2D eigenvalue weighted by molar-refractivity contribution is 7.16. The number of rotatable bonds is 5. The molecule has 1 heterocycles. The molecule has 0 aliphatic carbocycles. The standard InChI is InChI=1S/C19H23ClNO2P/c20-17-8-6-16(7-9-17)19(22)10-11-21(14-24)12-18(19)23-13-15-4-2-1-3-5-15/h1-9,18,22H,10-14,24H2. The third-order valence-electron chi connectivity index (χ3n) is 4.66. The lowest BCUT2D eigenvalue weighted by atomic mass is 9.82. The van der Waals surface area contributed by atoms with E-state index in [1.165, 1.54) is 0 Å². The van der Waals surface area contributed by atoms with E-state index in [0.717, 1.165) is 24.0 Å². The monoisotopic (exact) mass is 363 g/mol. The highest BCUT2D eigenvalue weighted by atomic mass is 35.5. The third kappa shape index (κ3) is 3.99. The van der Waals surface area contributed by atoms with Crippen molar-refractivity contribution in [3.8, 4) is 0 Å². The Morgan fingerprint density at radius 2 is 1.88 bits per heavy atom. The van der Waals surface area contributed by atoms with Gasteiger partial charge < -0.3 is 9.84 Å². The van der Waals surface area contributed by atoms with Crippen LogP contribution in [0.3, 0.4) is 0 Å². The summed E-state index contributed by atoms with van der Waals surface area (Å²) in [7, 11) is 2.75. The Kier molecular flexibility index (Phi) is 5.91. The molecule has 5 heteroatoms. The molecule has 1 aliphatic rings. The minimum absolute atomic E-state index is 0.284. The van der Waals surface area contributed by atoms with Gasteiger partial charge in [0.2, 0.25) is 0 Å². The largest absolute Gasteiger partial charge is 0.382 e. The molecule has 1 fully saturated rings. The van der Waals surface area contributed by atoms with Gasteiger partial charge in [0.1, 0.15) is 11.7 Å². The van der Waals surface area contributed by atoms with Crippen LogP contribution in [0.25, 0.3) is 0 Å². The van der Waals surface area contributed by atoms with E-state index >= 15 is 0 Å². The summed E-state index contributed by atoms with van der Waals surface area (Å²) in [4.78, 5) is 2.28. The first kappa shape index (κ1) is 17.8. The Morgan fingerprint density at radius 3 is 2.54 bits per heavy atom. The highest BCUT2D eigenvalue weighted by Gasteiger charge is 2.43. The van der Waals surface area contributed by atoms with Crippen LogP contribution in [0.4, 0.5) is 0 Å². The molecular weight excluding hydrogens is 341 g/mol. The fraction of sp³-hybridized carbons (Fsp3) is 0.368. The summed E-state index contributed by atoms with van der Waals surface area (Å²) in [5.74, 6) is 0. The predicted octanol–water partition coefficient (Wildman–Crippen LogP) is 3.65. The number of likely N-dealkylation sites (tertiary alicyclic amines) is 1. The third-order valence-corrected chi connectivity index (χ3v) is 5.43. The van der Waals surface area contributed by atoms with Gasteiger partial charge in [-0.15, -0.1) is 9.24 Å². The van der Waals surface area contributed by atoms with Gasteiger partial charge in [-0.25, -0.2) is 0 Å². The van der Waals surface area contributed by atoms with E-state index in [0.29, 0.717) is 24.6 Å². The maximum absolute atomic E-state index is 11.4. The molecular formula is C19H23ClNO2P. The van der Waals surface area contributed by atoms with E-state index in [1.54, 1.807) is 0 Å². The summed E-state index contributed by atoms with van der Waals surface area (Å²) in [5.41, 5.74) is 0.989. The summed E-state index contributed by atoms with van der Waals surface area (Å²) in [6.45, 7) is 2.04. The van der Waals surface area contributed by atoms with Crippen LogP contribution >= 0.6 is 20.8 Å². The van der Waals surface area contributed by atoms with Crippen molar-refractivity contribution >= 4 is 20.8 Å². The van der Waals surface area contributed by atoms with Crippen LogP contribution in [0.15, 0.2) is 54.6 Å². The van der Waals surface area contributed by atoms with Gasteiger partial charge in [0.25, 0.3) is 0 Å². The number of aliphatic hydroxyl groups is 1. The molecule has 1 saturated heterocycles. The lowest BCUT2D eigenvalue weighted by molar-refractivity contribution is -0.154.